The van der Waals surface area contributed by atoms with Crippen molar-refractivity contribution < 1.29 is 21.9 Å². The molecule has 0 saturated carbocycles. The van der Waals surface area contributed by atoms with Crippen molar-refractivity contribution in [3.05, 3.63) is 53.7 Å². The monoisotopic (exact) mass is 365 g/mol. The molecule has 1 unspecified atom stereocenters. The molecule has 6 nitrogen and oxygen atoms in total. The maximum atomic E-state index is 13.8. The van der Waals surface area contributed by atoms with Gasteiger partial charge in [0.1, 0.15) is 22.6 Å². The lowest BCUT2D eigenvalue weighted by Gasteiger charge is -2.17. The molecule has 130 valence electrons. The Morgan fingerprint density at radius 3 is 2.84 bits per heavy atom. The Morgan fingerprint density at radius 1 is 1.28 bits per heavy atom. The van der Waals surface area contributed by atoms with Crippen molar-refractivity contribution in [1.82, 2.24) is 9.29 Å². The van der Waals surface area contributed by atoms with Gasteiger partial charge in [-0.15, -0.1) is 0 Å². The smallest absolute Gasteiger partial charge is 0.246 e. The summed E-state index contributed by atoms with van der Waals surface area (Å²) in [5, 5.41) is 8.86. The number of ether oxygens (including phenoxy) is 1. The zero-order valence-corrected chi connectivity index (χ0v) is 13.7. The molecule has 2 heterocycles. The van der Waals surface area contributed by atoms with E-state index in [1.165, 1.54) is 18.3 Å². The highest BCUT2D eigenvalue weighted by molar-refractivity contribution is 7.89. The Hall–Kier alpha value is -2.57. The highest BCUT2D eigenvalue weighted by atomic mass is 32.2. The lowest BCUT2D eigenvalue weighted by Crippen LogP contribution is -2.31. The minimum Gasteiger partial charge on any atom is -0.473 e. The first-order valence-corrected chi connectivity index (χ1v) is 8.82. The molecule has 1 aliphatic rings. The molecule has 0 radical (unpaired) electrons. The number of nitrogens with zero attached hydrogens (tertiary/aromatic N) is 3. The van der Waals surface area contributed by atoms with Crippen LogP contribution in [0.25, 0.3) is 0 Å². The number of hydrogen-bond donors (Lipinski definition) is 0. The van der Waals surface area contributed by atoms with Gasteiger partial charge in [-0.2, -0.15) is 9.57 Å². The van der Waals surface area contributed by atoms with Gasteiger partial charge in [-0.25, -0.2) is 22.2 Å². The average Bonchev–Trinajstić information content (AvgIpc) is 3.06. The van der Waals surface area contributed by atoms with Gasteiger partial charge >= 0.3 is 0 Å². The first kappa shape index (κ1) is 17.3. The molecule has 9 heteroatoms. The van der Waals surface area contributed by atoms with E-state index in [0.29, 0.717) is 18.1 Å². The van der Waals surface area contributed by atoms with E-state index in [-0.39, 0.29) is 19.0 Å². The largest absolute Gasteiger partial charge is 0.473 e. The van der Waals surface area contributed by atoms with Gasteiger partial charge in [-0.3, -0.25) is 0 Å². The third-order valence-corrected chi connectivity index (χ3v) is 5.65. The van der Waals surface area contributed by atoms with Gasteiger partial charge in [0.15, 0.2) is 0 Å². The fourth-order valence-corrected chi connectivity index (χ4v) is 4.10. The van der Waals surface area contributed by atoms with Gasteiger partial charge in [0, 0.05) is 18.8 Å². The number of sulfonamides is 1. The Bertz CT molecular complexity index is 944. The summed E-state index contributed by atoms with van der Waals surface area (Å²) in [6.07, 6.45) is 1.29. The van der Waals surface area contributed by atoms with E-state index < -0.39 is 32.7 Å². The molecule has 0 aliphatic carbocycles. The number of benzene rings is 1. The molecule has 3 rings (SSSR count). The van der Waals surface area contributed by atoms with Crippen molar-refractivity contribution in [1.29, 1.82) is 5.26 Å². The van der Waals surface area contributed by atoms with E-state index in [4.69, 9.17) is 10.00 Å². The van der Waals surface area contributed by atoms with Gasteiger partial charge in [0.25, 0.3) is 0 Å². The summed E-state index contributed by atoms with van der Waals surface area (Å²) in [5.74, 6) is -1.63. The molecule has 1 aliphatic heterocycles. The Morgan fingerprint density at radius 2 is 2.08 bits per heavy atom. The summed E-state index contributed by atoms with van der Waals surface area (Å²) >= 11 is 0. The van der Waals surface area contributed by atoms with Crippen LogP contribution >= 0.6 is 0 Å². The quantitative estimate of drug-likeness (QED) is 0.828. The molecular weight excluding hydrogens is 352 g/mol. The maximum Gasteiger partial charge on any atom is 0.246 e. The van der Waals surface area contributed by atoms with E-state index in [0.717, 1.165) is 16.4 Å². The van der Waals surface area contributed by atoms with Crippen LogP contribution in [0.3, 0.4) is 0 Å². The van der Waals surface area contributed by atoms with Gasteiger partial charge in [0.05, 0.1) is 18.2 Å². The molecule has 0 bridgehead atoms. The van der Waals surface area contributed by atoms with Crippen LogP contribution in [0.2, 0.25) is 0 Å². The van der Waals surface area contributed by atoms with Crippen LogP contribution in [0.1, 0.15) is 12.0 Å². The standard InChI is InChI=1S/C16H13F2N3O3S/c17-12-1-2-14(18)15(8-12)25(22,23)21-6-4-13(10-21)24-16-7-11(9-19)3-5-20-16/h1-3,5,7-8,13H,4,6,10H2. The second-order valence-corrected chi connectivity index (χ2v) is 7.37. The van der Waals surface area contributed by atoms with Crippen molar-refractivity contribution >= 4 is 10.0 Å². The Labute approximate surface area is 143 Å². The fourth-order valence-electron chi connectivity index (χ4n) is 2.54. The van der Waals surface area contributed by atoms with Crippen molar-refractivity contribution in [2.24, 2.45) is 0 Å². The van der Waals surface area contributed by atoms with Crippen molar-refractivity contribution in [3.63, 3.8) is 0 Å². The lowest BCUT2D eigenvalue weighted by molar-refractivity contribution is 0.207. The number of halogens is 2. The van der Waals surface area contributed by atoms with Crippen LogP contribution in [-0.4, -0.2) is 36.9 Å². The molecule has 1 fully saturated rings. The predicted octanol–water partition coefficient (Wildman–Crippen LogP) is 2.07. The van der Waals surface area contributed by atoms with Crippen LogP contribution < -0.4 is 4.74 Å². The van der Waals surface area contributed by atoms with Gasteiger partial charge in [-0.05, 0) is 30.7 Å². The van der Waals surface area contributed by atoms with E-state index in [2.05, 4.69) is 4.98 Å². The lowest BCUT2D eigenvalue weighted by atomic mass is 10.3. The van der Waals surface area contributed by atoms with Crippen molar-refractivity contribution in [3.8, 4) is 11.9 Å². The van der Waals surface area contributed by atoms with E-state index in [1.807, 2.05) is 6.07 Å². The van der Waals surface area contributed by atoms with Crippen molar-refractivity contribution in [2.45, 2.75) is 17.4 Å². The second-order valence-electron chi connectivity index (χ2n) is 5.46. The molecular formula is C16H13F2N3O3S. The molecule has 0 N–H and O–H groups in total. The minimum absolute atomic E-state index is 0.0171. The number of rotatable bonds is 4. The summed E-state index contributed by atoms with van der Waals surface area (Å²) in [5.41, 5.74) is 0.370. The molecule has 1 saturated heterocycles. The minimum atomic E-state index is -4.16. The maximum absolute atomic E-state index is 13.8. The average molecular weight is 365 g/mol. The predicted molar refractivity (Wildman–Crippen MR) is 83.1 cm³/mol. The third-order valence-electron chi connectivity index (χ3n) is 3.77. The highest BCUT2D eigenvalue weighted by Crippen LogP contribution is 2.25. The third kappa shape index (κ3) is 3.60. The first-order valence-electron chi connectivity index (χ1n) is 7.38. The second kappa shape index (κ2) is 6.74. The molecule has 0 spiro atoms. The van der Waals surface area contributed by atoms with Gasteiger partial charge < -0.3 is 4.74 Å². The summed E-state index contributed by atoms with van der Waals surface area (Å²) in [4.78, 5) is 3.27. The summed E-state index contributed by atoms with van der Waals surface area (Å²) in [6, 6.07) is 7.23. The fraction of sp³-hybridized carbons (Fsp3) is 0.250. The Balaban J connectivity index is 1.76. The van der Waals surface area contributed by atoms with Crippen molar-refractivity contribution in [2.75, 3.05) is 13.1 Å². The summed E-state index contributed by atoms with van der Waals surface area (Å²) < 4.78 is 58.8. The molecule has 1 atom stereocenters. The van der Waals surface area contributed by atoms with E-state index in [1.54, 1.807) is 0 Å². The normalized spacial score (nSPS) is 18.0. The SMILES string of the molecule is N#Cc1ccnc(OC2CCN(S(=O)(=O)c3cc(F)ccc3F)C2)c1. The molecule has 2 aromatic rings. The molecule has 1 aromatic carbocycles. The van der Waals surface area contributed by atoms with Crippen LogP contribution in [0.15, 0.2) is 41.4 Å². The van der Waals surface area contributed by atoms with Gasteiger partial charge in [0.2, 0.25) is 15.9 Å². The topological polar surface area (TPSA) is 83.3 Å². The van der Waals surface area contributed by atoms with Crippen LogP contribution in [-0.2, 0) is 10.0 Å². The number of nitriles is 1. The zero-order valence-electron chi connectivity index (χ0n) is 12.9. The number of pyridine rings is 1. The zero-order chi connectivity index (χ0) is 18.0. The van der Waals surface area contributed by atoms with E-state index in [9.17, 15) is 17.2 Å². The van der Waals surface area contributed by atoms with Crippen LogP contribution in [0, 0.1) is 23.0 Å². The van der Waals surface area contributed by atoms with E-state index >= 15 is 0 Å². The summed E-state index contributed by atoms with van der Waals surface area (Å²) in [7, 11) is -4.16. The highest BCUT2D eigenvalue weighted by Gasteiger charge is 2.35. The van der Waals surface area contributed by atoms with Gasteiger partial charge in [-0.1, -0.05) is 0 Å². The molecule has 25 heavy (non-hydrogen) atoms. The Kier molecular flexibility index (Phi) is 4.65. The first-order chi connectivity index (χ1) is 11.9. The van der Waals surface area contributed by atoms with Crippen LogP contribution in [0.5, 0.6) is 5.88 Å². The van der Waals surface area contributed by atoms with Crippen LogP contribution in [0.4, 0.5) is 8.78 Å². The molecule has 0 amide bonds. The molecule has 1 aromatic heterocycles. The number of aromatic nitrogens is 1. The summed E-state index contributed by atoms with van der Waals surface area (Å²) in [6.45, 7) is 0.0949. The number of hydrogen-bond acceptors (Lipinski definition) is 5.